The molecule has 18 heavy (non-hydrogen) atoms. The van der Waals surface area contributed by atoms with Crippen LogP contribution in [-0.2, 0) is 4.79 Å². The molecule has 1 heterocycles. The molecule has 3 heteroatoms. The van der Waals surface area contributed by atoms with Crippen molar-refractivity contribution >= 4 is 35.4 Å². The summed E-state index contributed by atoms with van der Waals surface area (Å²) in [5.74, 6) is 2.28. The van der Waals surface area contributed by atoms with Gasteiger partial charge in [-0.15, -0.1) is 23.5 Å². The average molecular weight is 274 g/mol. The van der Waals surface area contributed by atoms with Gasteiger partial charge in [0.2, 0.25) is 0 Å². The minimum Gasteiger partial charge on any atom is -0.290 e. The normalized spacial score (nSPS) is 15.7. The van der Waals surface area contributed by atoms with E-state index >= 15 is 0 Å². The molecule has 1 aromatic carbocycles. The van der Waals surface area contributed by atoms with Gasteiger partial charge in [-0.3, -0.25) is 4.79 Å². The highest BCUT2D eigenvalue weighted by Crippen LogP contribution is 2.35. The highest BCUT2D eigenvalue weighted by atomic mass is 32.2. The van der Waals surface area contributed by atoms with Crippen LogP contribution in [0.3, 0.4) is 0 Å². The van der Waals surface area contributed by atoms with Crippen LogP contribution in [0, 0.1) is 0 Å². The number of thioether (sulfide) groups is 2. The molecular formula is C15H14OS2. The second-order valence-corrected chi connectivity index (χ2v) is 6.22. The van der Waals surface area contributed by atoms with Crippen LogP contribution in [0.5, 0.6) is 0 Å². The van der Waals surface area contributed by atoms with Gasteiger partial charge in [0.1, 0.15) is 0 Å². The fourth-order valence-electron chi connectivity index (χ4n) is 1.45. The van der Waals surface area contributed by atoms with Gasteiger partial charge >= 0.3 is 0 Å². The molecule has 1 nitrogen and oxygen atoms in total. The number of hydrogen-bond acceptors (Lipinski definition) is 3. The Kier molecular flexibility index (Phi) is 5.36. The van der Waals surface area contributed by atoms with Crippen LogP contribution in [0.2, 0.25) is 0 Å². The van der Waals surface area contributed by atoms with E-state index in [-0.39, 0.29) is 5.78 Å². The molecule has 1 aliphatic heterocycles. The first-order chi connectivity index (χ1) is 8.84. The smallest absolute Gasteiger partial charge is 0.180 e. The maximum absolute atomic E-state index is 11.6. The van der Waals surface area contributed by atoms with E-state index in [4.69, 9.17) is 0 Å². The van der Waals surface area contributed by atoms with Gasteiger partial charge in [0.15, 0.2) is 5.78 Å². The maximum atomic E-state index is 11.6. The number of allylic oxidation sites excluding steroid dienone is 4. The molecule has 0 aliphatic carbocycles. The molecule has 0 atom stereocenters. The van der Waals surface area contributed by atoms with E-state index in [1.54, 1.807) is 41.8 Å². The number of hydrogen-bond donors (Lipinski definition) is 0. The van der Waals surface area contributed by atoms with Crippen LogP contribution in [0.25, 0.3) is 6.08 Å². The molecule has 1 aliphatic rings. The van der Waals surface area contributed by atoms with E-state index in [1.807, 2.05) is 42.5 Å². The zero-order valence-corrected chi connectivity index (χ0v) is 11.5. The zero-order valence-electron chi connectivity index (χ0n) is 9.91. The number of benzene rings is 1. The summed E-state index contributed by atoms with van der Waals surface area (Å²) in [7, 11) is 0. The molecule has 1 saturated heterocycles. The Bertz CT molecular complexity index is 478. The van der Waals surface area contributed by atoms with Crippen molar-refractivity contribution in [2.24, 2.45) is 0 Å². The molecule has 0 amide bonds. The van der Waals surface area contributed by atoms with Crippen molar-refractivity contribution in [3.63, 3.8) is 0 Å². The monoisotopic (exact) mass is 274 g/mol. The van der Waals surface area contributed by atoms with Crippen molar-refractivity contribution < 1.29 is 4.79 Å². The molecule has 2 rings (SSSR count). The SMILES string of the molecule is O=C(C=C1SCCS1)/C=C/C=C/c1ccccc1. The third-order valence-electron chi connectivity index (χ3n) is 2.29. The molecule has 0 bridgehead atoms. The van der Waals surface area contributed by atoms with Crippen LogP contribution >= 0.6 is 23.5 Å². The fourth-order valence-corrected chi connectivity index (χ4v) is 3.76. The summed E-state index contributed by atoms with van der Waals surface area (Å²) >= 11 is 3.52. The number of carbonyl (C=O) groups is 1. The van der Waals surface area contributed by atoms with Crippen LogP contribution in [-0.4, -0.2) is 17.3 Å². The first-order valence-electron chi connectivity index (χ1n) is 5.76. The molecule has 0 N–H and O–H groups in total. The summed E-state index contributed by atoms with van der Waals surface area (Å²) in [4.78, 5) is 11.6. The van der Waals surface area contributed by atoms with E-state index in [0.29, 0.717) is 0 Å². The first-order valence-corrected chi connectivity index (χ1v) is 7.73. The number of ketones is 1. The number of carbonyl (C=O) groups excluding carboxylic acids is 1. The van der Waals surface area contributed by atoms with Crippen molar-refractivity contribution in [3.8, 4) is 0 Å². The molecule has 1 aromatic rings. The summed E-state index contributed by atoms with van der Waals surface area (Å²) in [5, 5.41) is 0. The van der Waals surface area contributed by atoms with Gasteiger partial charge in [-0.1, -0.05) is 48.6 Å². The Balaban J connectivity index is 1.86. The summed E-state index contributed by atoms with van der Waals surface area (Å²) in [6.45, 7) is 0. The predicted molar refractivity (Wildman–Crippen MR) is 82.6 cm³/mol. The second kappa shape index (κ2) is 7.29. The van der Waals surface area contributed by atoms with Gasteiger partial charge < -0.3 is 0 Å². The fraction of sp³-hybridized carbons (Fsp3) is 0.133. The quantitative estimate of drug-likeness (QED) is 0.606. The lowest BCUT2D eigenvalue weighted by molar-refractivity contribution is -0.110. The standard InChI is InChI=1S/C15H14OS2/c16-14(12-15-17-10-11-18-15)9-5-4-8-13-6-2-1-3-7-13/h1-9,12H,10-11H2/b8-4+,9-5+. The van der Waals surface area contributed by atoms with E-state index in [2.05, 4.69) is 0 Å². The van der Waals surface area contributed by atoms with Gasteiger partial charge in [0.25, 0.3) is 0 Å². The summed E-state index contributed by atoms with van der Waals surface area (Å²) in [6.07, 6.45) is 8.98. The van der Waals surface area contributed by atoms with Gasteiger partial charge in [-0.2, -0.15) is 0 Å². The Morgan fingerprint density at radius 1 is 1.06 bits per heavy atom. The summed E-state index contributed by atoms with van der Waals surface area (Å²) in [6, 6.07) is 10.0. The Morgan fingerprint density at radius 2 is 1.78 bits per heavy atom. The van der Waals surface area contributed by atoms with Gasteiger partial charge in [0.05, 0.1) is 0 Å². The molecule has 92 valence electrons. The van der Waals surface area contributed by atoms with Crippen molar-refractivity contribution in [2.75, 3.05) is 11.5 Å². The topological polar surface area (TPSA) is 17.1 Å². The molecule has 0 radical (unpaired) electrons. The first kappa shape index (κ1) is 13.2. The van der Waals surface area contributed by atoms with Gasteiger partial charge in [-0.25, -0.2) is 0 Å². The van der Waals surface area contributed by atoms with Crippen molar-refractivity contribution in [3.05, 3.63) is 64.4 Å². The van der Waals surface area contributed by atoms with Crippen LogP contribution in [0.4, 0.5) is 0 Å². The molecule has 0 aromatic heterocycles. The molecule has 0 unspecified atom stereocenters. The Morgan fingerprint density at radius 3 is 2.50 bits per heavy atom. The average Bonchev–Trinajstić information content (AvgIpc) is 2.89. The molecule has 0 saturated carbocycles. The lowest BCUT2D eigenvalue weighted by Crippen LogP contribution is -1.84. The third-order valence-corrected chi connectivity index (χ3v) is 4.88. The summed E-state index contributed by atoms with van der Waals surface area (Å²) < 4.78 is 1.14. The highest BCUT2D eigenvalue weighted by Gasteiger charge is 2.08. The lowest BCUT2D eigenvalue weighted by Gasteiger charge is -1.90. The molecular weight excluding hydrogens is 260 g/mol. The van der Waals surface area contributed by atoms with E-state index in [1.165, 1.54) is 0 Å². The van der Waals surface area contributed by atoms with Gasteiger partial charge in [-0.05, 0) is 11.6 Å². The highest BCUT2D eigenvalue weighted by molar-refractivity contribution is 8.25. The molecule has 1 fully saturated rings. The van der Waals surface area contributed by atoms with E-state index in [0.717, 1.165) is 21.3 Å². The van der Waals surface area contributed by atoms with E-state index in [9.17, 15) is 4.79 Å². The Hall–Kier alpha value is -1.19. The second-order valence-electron chi connectivity index (χ2n) is 3.69. The van der Waals surface area contributed by atoms with Crippen LogP contribution in [0.15, 0.2) is 58.9 Å². The van der Waals surface area contributed by atoms with Crippen molar-refractivity contribution in [2.45, 2.75) is 0 Å². The number of rotatable bonds is 4. The van der Waals surface area contributed by atoms with Gasteiger partial charge in [0, 0.05) is 21.8 Å². The van der Waals surface area contributed by atoms with Crippen molar-refractivity contribution in [1.82, 2.24) is 0 Å². The minimum atomic E-state index is 0.0598. The minimum absolute atomic E-state index is 0.0598. The Labute approximate surface area is 116 Å². The summed E-state index contributed by atoms with van der Waals surface area (Å²) in [5.41, 5.74) is 1.13. The van der Waals surface area contributed by atoms with Crippen LogP contribution in [0.1, 0.15) is 5.56 Å². The molecule has 0 spiro atoms. The largest absolute Gasteiger partial charge is 0.290 e. The van der Waals surface area contributed by atoms with Crippen LogP contribution < -0.4 is 0 Å². The van der Waals surface area contributed by atoms with E-state index < -0.39 is 0 Å². The predicted octanol–water partition coefficient (Wildman–Crippen LogP) is 4.15. The maximum Gasteiger partial charge on any atom is 0.180 e. The zero-order chi connectivity index (χ0) is 12.6. The third kappa shape index (κ3) is 4.59. The van der Waals surface area contributed by atoms with Crippen molar-refractivity contribution in [1.29, 1.82) is 0 Å². The lowest BCUT2D eigenvalue weighted by atomic mass is 10.2.